The molecule has 1 atom stereocenters. The molecule has 1 N–H and O–H groups in total. The lowest BCUT2D eigenvalue weighted by molar-refractivity contribution is 0.0856. The summed E-state index contributed by atoms with van der Waals surface area (Å²) in [6, 6.07) is 11.5. The molecule has 2 aromatic carbocycles. The van der Waals surface area contributed by atoms with E-state index in [0.29, 0.717) is 35.7 Å². The number of thioether (sulfide) groups is 1. The number of nitrogens with zero attached hydrogens (tertiary/aromatic N) is 2. The number of pyridine rings is 1. The van der Waals surface area contributed by atoms with E-state index in [0.717, 1.165) is 16.0 Å². The van der Waals surface area contributed by atoms with Crippen LogP contribution < -0.4 is 10.4 Å². The average Bonchev–Trinajstić information content (AvgIpc) is 3.57. The summed E-state index contributed by atoms with van der Waals surface area (Å²) in [5.74, 6) is -0.615. The van der Waals surface area contributed by atoms with Crippen LogP contribution in [0.3, 0.4) is 0 Å². The molecule has 1 fully saturated rings. The molecule has 0 radical (unpaired) electrons. The van der Waals surface area contributed by atoms with Gasteiger partial charge in [-0.3, -0.25) is 19.3 Å². The van der Waals surface area contributed by atoms with E-state index in [2.05, 4.69) is 0 Å². The molecule has 32 heavy (non-hydrogen) atoms. The van der Waals surface area contributed by atoms with Gasteiger partial charge in [0.2, 0.25) is 5.43 Å². The van der Waals surface area contributed by atoms with E-state index in [-0.39, 0.29) is 17.3 Å². The lowest BCUT2D eigenvalue weighted by Gasteiger charge is -2.43. The van der Waals surface area contributed by atoms with Crippen molar-refractivity contribution in [2.75, 3.05) is 11.6 Å². The molecule has 6 rings (SSSR count). The molecule has 5 nitrogen and oxygen atoms in total. The second kappa shape index (κ2) is 6.86. The van der Waals surface area contributed by atoms with Crippen molar-refractivity contribution in [3.63, 3.8) is 0 Å². The van der Waals surface area contributed by atoms with Crippen molar-refractivity contribution >= 4 is 29.1 Å². The van der Waals surface area contributed by atoms with Crippen molar-refractivity contribution in [2.24, 2.45) is 5.41 Å². The Morgan fingerprint density at radius 2 is 1.84 bits per heavy atom. The van der Waals surface area contributed by atoms with Gasteiger partial charge in [0, 0.05) is 35.0 Å². The summed E-state index contributed by atoms with van der Waals surface area (Å²) in [7, 11) is 0. The Bertz CT molecular complexity index is 1310. The number of carbonyl (C=O) groups excluding carboxylic acids is 1. The van der Waals surface area contributed by atoms with Crippen molar-refractivity contribution in [2.45, 2.75) is 29.5 Å². The number of Topliss-reactive ketones (excluding diaryl/α,β-unsaturated/α-hetero) is 1. The van der Waals surface area contributed by atoms with Gasteiger partial charge < -0.3 is 5.11 Å². The maximum absolute atomic E-state index is 14.9. The highest BCUT2D eigenvalue weighted by atomic mass is 35.5. The SMILES string of the molecule is O=C1c2c(O)c(=O)ccn2N(C2c3cccc(F)c3CSc3c(Cl)cccc32)CC12CC2. The van der Waals surface area contributed by atoms with E-state index in [9.17, 15) is 19.1 Å². The molecule has 1 spiro atoms. The van der Waals surface area contributed by atoms with Gasteiger partial charge in [-0.05, 0) is 36.1 Å². The van der Waals surface area contributed by atoms with Crippen LogP contribution in [0.5, 0.6) is 5.75 Å². The number of carbonyl (C=O) groups is 1. The molecule has 8 heteroatoms. The standard InChI is InChI=1S/C24H18ClFN2O3S/c25-16-5-1-4-14-19(13-3-2-6-17(26)15(13)11-32-22(14)16)28-12-24(8-9-24)23(31)20-21(30)18(29)7-10-27(20)28/h1-7,10,19,30H,8-9,11-12H2. The fourth-order valence-electron chi connectivity index (χ4n) is 4.91. The van der Waals surface area contributed by atoms with Crippen LogP contribution in [-0.2, 0) is 5.75 Å². The van der Waals surface area contributed by atoms with E-state index < -0.39 is 22.6 Å². The van der Waals surface area contributed by atoms with Crippen molar-refractivity contribution in [3.8, 4) is 5.75 Å². The van der Waals surface area contributed by atoms with Gasteiger partial charge in [0.1, 0.15) is 5.82 Å². The number of hydrogen-bond acceptors (Lipinski definition) is 5. The highest BCUT2D eigenvalue weighted by Gasteiger charge is 2.56. The summed E-state index contributed by atoms with van der Waals surface area (Å²) < 4.78 is 16.5. The zero-order chi connectivity index (χ0) is 22.2. The monoisotopic (exact) mass is 468 g/mol. The number of halogens is 2. The van der Waals surface area contributed by atoms with Crippen LogP contribution in [0.2, 0.25) is 5.02 Å². The van der Waals surface area contributed by atoms with Gasteiger partial charge in [-0.2, -0.15) is 0 Å². The summed E-state index contributed by atoms with van der Waals surface area (Å²) in [4.78, 5) is 26.3. The predicted octanol–water partition coefficient (Wildman–Crippen LogP) is 4.66. The Morgan fingerprint density at radius 1 is 1.09 bits per heavy atom. The topological polar surface area (TPSA) is 62.5 Å². The molecule has 2 aliphatic heterocycles. The van der Waals surface area contributed by atoms with Gasteiger partial charge in [-0.25, -0.2) is 4.39 Å². The second-order valence-corrected chi connectivity index (χ2v) is 9.98. The molecule has 0 bridgehead atoms. The Morgan fingerprint density at radius 3 is 2.62 bits per heavy atom. The number of ketones is 1. The Labute approximate surface area is 192 Å². The Kier molecular flexibility index (Phi) is 4.26. The third-order valence-corrected chi connectivity index (χ3v) is 8.35. The smallest absolute Gasteiger partial charge is 0.224 e. The van der Waals surface area contributed by atoms with E-state index in [1.807, 2.05) is 29.3 Å². The van der Waals surface area contributed by atoms with Crippen molar-refractivity contribution < 1.29 is 14.3 Å². The fourth-order valence-corrected chi connectivity index (χ4v) is 6.40. The van der Waals surface area contributed by atoms with Crippen molar-refractivity contribution in [3.05, 3.63) is 92.1 Å². The summed E-state index contributed by atoms with van der Waals surface area (Å²) in [5, 5.41) is 13.1. The first-order valence-corrected chi connectivity index (χ1v) is 11.7. The number of aromatic hydroxyl groups is 1. The number of aromatic nitrogens is 1. The van der Waals surface area contributed by atoms with Gasteiger partial charge in [0.25, 0.3) is 0 Å². The number of benzene rings is 2. The molecular formula is C24H18ClFN2O3S. The first kappa shape index (κ1) is 19.9. The van der Waals surface area contributed by atoms with E-state index in [1.165, 1.54) is 30.1 Å². The minimum Gasteiger partial charge on any atom is -0.503 e. The highest BCUT2D eigenvalue weighted by Crippen LogP contribution is 2.54. The summed E-state index contributed by atoms with van der Waals surface area (Å²) in [5.41, 5.74) is 1.04. The van der Waals surface area contributed by atoms with Crippen LogP contribution in [-0.4, -0.2) is 22.1 Å². The molecule has 0 amide bonds. The molecule has 1 aliphatic carbocycles. The molecule has 3 aromatic rings. The van der Waals surface area contributed by atoms with Crippen LogP contribution in [0.1, 0.15) is 46.1 Å². The Hall–Kier alpha value is -2.77. The van der Waals surface area contributed by atoms with Crippen molar-refractivity contribution in [1.82, 2.24) is 4.68 Å². The van der Waals surface area contributed by atoms with Crippen molar-refractivity contribution in [1.29, 1.82) is 0 Å². The molecule has 1 aromatic heterocycles. The van der Waals surface area contributed by atoms with Crippen LogP contribution in [0.15, 0.2) is 58.4 Å². The molecule has 3 aliphatic rings. The van der Waals surface area contributed by atoms with Gasteiger partial charge in [-0.15, -0.1) is 11.8 Å². The van der Waals surface area contributed by atoms with Gasteiger partial charge in [0.15, 0.2) is 17.2 Å². The number of rotatable bonds is 1. The van der Waals surface area contributed by atoms with Gasteiger partial charge >= 0.3 is 0 Å². The second-order valence-electron chi connectivity index (χ2n) is 8.59. The normalized spacial score (nSPS) is 20.4. The summed E-state index contributed by atoms with van der Waals surface area (Å²) in [6.07, 6.45) is 2.89. The predicted molar refractivity (Wildman–Crippen MR) is 121 cm³/mol. The molecule has 1 unspecified atom stereocenters. The molecule has 162 valence electrons. The largest absolute Gasteiger partial charge is 0.503 e. The lowest BCUT2D eigenvalue weighted by atomic mass is 9.90. The molecule has 0 saturated heterocycles. The van der Waals surface area contributed by atoms with E-state index in [4.69, 9.17) is 11.6 Å². The molecule has 1 saturated carbocycles. The first-order chi connectivity index (χ1) is 15.4. The van der Waals surface area contributed by atoms with Gasteiger partial charge in [-0.1, -0.05) is 35.9 Å². The fraction of sp³-hybridized carbons (Fsp3) is 0.250. The zero-order valence-corrected chi connectivity index (χ0v) is 18.4. The maximum atomic E-state index is 14.9. The van der Waals surface area contributed by atoms with E-state index in [1.54, 1.807) is 10.7 Å². The third kappa shape index (κ3) is 2.70. The van der Waals surface area contributed by atoms with Crippen LogP contribution in [0.25, 0.3) is 0 Å². The first-order valence-electron chi connectivity index (χ1n) is 10.4. The molecule has 3 heterocycles. The quantitative estimate of drug-likeness (QED) is 0.563. The van der Waals surface area contributed by atoms with Crippen LogP contribution >= 0.6 is 23.4 Å². The average molecular weight is 469 g/mol. The highest BCUT2D eigenvalue weighted by molar-refractivity contribution is 7.98. The number of hydrogen-bond donors (Lipinski definition) is 1. The lowest BCUT2D eigenvalue weighted by Crippen LogP contribution is -2.51. The minimum atomic E-state index is -0.642. The van der Waals surface area contributed by atoms with Gasteiger partial charge in [0.05, 0.1) is 16.5 Å². The third-order valence-electron chi connectivity index (χ3n) is 6.75. The zero-order valence-electron chi connectivity index (χ0n) is 16.8. The maximum Gasteiger partial charge on any atom is 0.224 e. The summed E-state index contributed by atoms with van der Waals surface area (Å²) >= 11 is 8.05. The van der Waals surface area contributed by atoms with Crippen LogP contribution in [0, 0.1) is 11.2 Å². The summed E-state index contributed by atoms with van der Waals surface area (Å²) in [6.45, 7) is 0.401. The Balaban J connectivity index is 1.66. The van der Waals surface area contributed by atoms with Crippen LogP contribution in [0.4, 0.5) is 4.39 Å². The van der Waals surface area contributed by atoms with E-state index >= 15 is 0 Å². The minimum absolute atomic E-state index is 0.000295. The molecular weight excluding hydrogens is 451 g/mol. The number of fused-ring (bicyclic) bond motifs is 3.